The number of fused-ring (bicyclic) bond motifs is 1. The Morgan fingerprint density at radius 2 is 1.81 bits per heavy atom. The summed E-state index contributed by atoms with van der Waals surface area (Å²) in [6, 6.07) is 10.4. The van der Waals surface area contributed by atoms with Gasteiger partial charge in [0.1, 0.15) is 11.3 Å². The molecule has 2 heterocycles. The Bertz CT molecular complexity index is 1290. The van der Waals surface area contributed by atoms with E-state index in [0.717, 1.165) is 33.2 Å². The average Bonchev–Trinajstić information content (AvgIpc) is 3.26. The molecule has 0 N–H and O–H groups in total. The highest BCUT2D eigenvalue weighted by atomic mass is 16.5. The third kappa shape index (κ3) is 5.32. The quantitative estimate of drug-likeness (QED) is 0.287. The third-order valence-electron chi connectivity index (χ3n) is 6.84. The standard InChI is InChI=1S/C30H35NO5/c1-6-34-27-17-28-25(26(18-36-28)23-9-8-19(3)14-20(23)4)16-24(27)21(5)15-29(32)31-12-10-22(11-13-31)30(33)35-7-2/h8-9,14-18,22H,6-7,10-13H2,1-5H3/b21-15+. The van der Waals surface area contributed by atoms with Gasteiger partial charge in [-0.05, 0) is 70.2 Å². The first-order valence-electron chi connectivity index (χ1n) is 12.7. The second-order valence-electron chi connectivity index (χ2n) is 9.42. The summed E-state index contributed by atoms with van der Waals surface area (Å²) in [5.74, 6) is 0.342. The number of carbonyl (C=O) groups is 2. The van der Waals surface area contributed by atoms with Gasteiger partial charge in [0.25, 0.3) is 0 Å². The van der Waals surface area contributed by atoms with Gasteiger partial charge in [-0.2, -0.15) is 0 Å². The van der Waals surface area contributed by atoms with Crippen molar-refractivity contribution in [2.24, 2.45) is 5.92 Å². The normalized spacial score (nSPS) is 14.8. The van der Waals surface area contributed by atoms with Gasteiger partial charge in [0.15, 0.2) is 0 Å². The molecule has 3 aromatic rings. The van der Waals surface area contributed by atoms with Crippen molar-refractivity contribution in [1.29, 1.82) is 0 Å². The predicted octanol–water partition coefficient (Wildman–Crippen LogP) is 6.32. The molecular formula is C30H35NO5. The lowest BCUT2D eigenvalue weighted by Crippen LogP contribution is -2.40. The van der Waals surface area contributed by atoms with Crippen molar-refractivity contribution in [2.45, 2.75) is 47.5 Å². The Kier molecular flexibility index (Phi) is 7.82. The van der Waals surface area contributed by atoms with E-state index < -0.39 is 0 Å². The van der Waals surface area contributed by atoms with Crippen molar-refractivity contribution >= 4 is 28.4 Å². The van der Waals surface area contributed by atoms with Crippen molar-refractivity contribution in [3.63, 3.8) is 0 Å². The van der Waals surface area contributed by atoms with E-state index >= 15 is 0 Å². The Balaban J connectivity index is 1.63. The first-order valence-corrected chi connectivity index (χ1v) is 12.7. The molecule has 0 unspecified atom stereocenters. The summed E-state index contributed by atoms with van der Waals surface area (Å²) in [6.07, 6.45) is 4.72. The topological polar surface area (TPSA) is 69.0 Å². The highest BCUT2D eigenvalue weighted by molar-refractivity contribution is 6.00. The van der Waals surface area contributed by atoms with Crippen LogP contribution in [0.1, 0.15) is 50.3 Å². The molecule has 36 heavy (non-hydrogen) atoms. The number of allylic oxidation sites excluding steroid dienone is 1. The molecule has 1 amide bonds. The summed E-state index contributed by atoms with van der Waals surface area (Å²) in [5, 5.41) is 0.982. The van der Waals surface area contributed by atoms with Crippen LogP contribution >= 0.6 is 0 Å². The van der Waals surface area contributed by atoms with Crippen molar-refractivity contribution in [3.05, 3.63) is 59.4 Å². The summed E-state index contributed by atoms with van der Waals surface area (Å²) in [4.78, 5) is 26.9. The highest BCUT2D eigenvalue weighted by Gasteiger charge is 2.27. The van der Waals surface area contributed by atoms with Gasteiger partial charge in [-0.25, -0.2) is 0 Å². The Hall–Kier alpha value is -3.54. The first-order chi connectivity index (χ1) is 17.3. The molecule has 1 aliphatic rings. The van der Waals surface area contributed by atoms with E-state index in [1.807, 2.05) is 26.8 Å². The second kappa shape index (κ2) is 11.0. The minimum atomic E-state index is -0.161. The molecule has 4 rings (SSSR count). The molecule has 6 nitrogen and oxygen atoms in total. The number of ether oxygens (including phenoxy) is 2. The number of piperidine rings is 1. The molecule has 1 fully saturated rings. The van der Waals surface area contributed by atoms with Crippen molar-refractivity contribution in [2.75, 3.05) is 26.3 Å². The van der Waals surface area contributed by atoms with E-state index in [4.69, 9.17) is 13.9 Å². The lowest BCUT2D eigenvalue weighted by molar-refractivity contribution is -0.150. The SMILES string of the molecule is CCOC(=O)C1CCN(C(=O)/C=C(\C)c2cc3c(-c4ccc(C)cc4C)coc3cc2OCC)CC1. The fourth-order valence-electron chi connectivity index (χ4n) is 4.91. The molecule has 1 aliphatic heterocycles. The van der Waals surface area contributed by atoms with Crippen LogP contribution in [0.3, 0.4) is 0 Å². The highest BCUT2D eigenvalue weighted by Crippen LogP contribution is 2.38. The lowest BCUT2D eigenvalue weighted by Gasteiger charge is -2.30. The number of aryl methyl sites for hydroxylation is 2. The van der Waals surface area contributed by atoms with Crippen molar-refractivity contribution in [1.82, 2.24) is 4.90 Å². The van der Waals surface area contributed by atoms with E-state index in [1.54, 1.807) is 17.2 Å². The van der Waals surface area contributed by atoms with Crippen LogP contribution in [-0.2, 0) is 14.3 Å². The Labute approximate surface area is 212 Å². The number of likely N-dealkylation sites (tertiary alicyclic amines) is 1. The van der Waals surface area contributed by atoms with E-state index in [0.29, 0.717) is 44.9 Å². The number of rotatable bonds is 7. The molecule has 0 spiro atoms. The molecule has 1 aromatic heterocycles. The van der Waals surface area contributed by atoms with Gasteiger partial charge in [-0.15, -0.1) is 0 Å². The number of furan rings is 1. The molecule has 6 heteroatoms. The van der Waals surface area contributed by atoms with Crippen LogP contribution in [-0.4, -0.2) is 43.1 Å². The number of hydrogen-bond donors (Lipinski definition) is 0. The smallest absolute Gasteiger partial charge is 0.309 e. The molecule has 190 valence electrons. The molecule has 2 aromatic carbocycles. The van der Waals surface area contributed by atoms with Crippen LogP contribution in [0.4, 0.5) is 0 Å². The van der Waals surface area contributed by atoms with E-state index in [-0.39, 0.29) is 17.8 Å². The maximum absolute atomic E-state index is 13.1. The largest absolute Gasteiger partial charge is 0.493 e. The zero-order chi connectivity index (χ0) is 25.8. The summed E-state index contributed by atoms with van der Waals surface area (Å²) in [6.45, 7) is 11.8. The Morgan fingerprint density at radius 1 is 1.06 bits per heavy atom. The van der Waals surface area contributed by atoms with Crippen LogP contribution in [0.25, 0.3) is 27.7 Å². The van der Waals surface area contributed by atoms with Gasteiger partial charge in [0, 0.05) is 41.7 Å². The van der Waals surface area contributed by atoms with Gasteiger partial charge in [-0.1, -0.05) is 23.8 Å². The van der Waals surface area contributed by atoms with Crippen LogP contribution < -0.4 is 4.74 Å². The fourth-order valence-corrected chi connectivity index (χ4v) is 4.91. The van der Waals surface area contributed by atoms with Crippen LogP contribution in [0.2, 0.25) is 0 Å². The predicted molar refractivity (Wildman–Crippen MR) is 142 cm³/mol. The number of hydrogen-bond acceptors (Lipinski definition) is 5. The van der Waals surface area contributed by atoms with Gasteiger partial charge >= 0.3 is 5.97 Å². The maximum Gasteiger partial charge on any atom is 0.309 e. The first kappa shape index (κ1) is 25.5. The van der Waals surface area contributed by atoms with E-state index in [9.17, 15) is 9.59 Å². The lowest BCUT2D eigenvalue weighted by atomic mass is 9.95. The minimum Gasteiger partial charge on any atom is -0.493 e. The van der Waals surface area contributed by atoms with Gasteiger partial charge in [0.05, 0.1) is 25.4 Å². The number of carbonyl (C=O) groups excluding carboxylic acids is 2. The number of esters is 1. The summed E-state index contributed by atoms with van der Waals surface area (Å²) >= 11 is 0. The average molecular weight is 490 g/mol. The molecule has 0 atom stereocenters. The van der Waals surface area contributed by atoms with Crippen molar-refractivity contribution < 1.29 is 23.5 Å². The van der Waals surface area contributed by atoms with E-state index in [1.165, 1.54) is 11.1 Å². The molecule has 1 saturated heterocycles. The minimum absolute atomic E-state index is 0.0563. The van der Waals surface area contributed by atoms with E-state index in [2.05, 4.69) is 38.1 Å². The summed E-state index contributed by atoms with van der Waals surface area (Å²) < 4.78 is 17.0. The maximum atomic E-state index is 13.1. The molecule has 0 bridgehead atoms. The molecule has 0 radical (unpaired) electrons. The second-order valence-corrected chi connectivity index (χ2v) is 9.42. The molecule has 0 aliphatic carbocycles. The van der Waals surface area contributed by atoms with Crippen LogP contribution in [0.5, 0.6) is 5.75 Å². The number of amides is 1. The van der Waals surface area contributed by atoms with Gasteiger partial charge in [0.2, 0.25) is 5.91 Å². The number of benzene rings is 2. The van der Waals surface area contributed by atoms with Gasteiger partial charge in [-0.3, -0.25) is 9.59 Å². The van der Waals surface area contributed by atoms with Crippen LogP contribution in [0.15, 0.2) is 47.1 Å². The molecular weight excluding hydrogens is 454 g/mol. The number of nitrogens with zero attached hydrogens (tertiary/aromatic N) is 1. The van der Waals surface area contributed by atoms with Crippen LogP contribution in [0, 0.1) is 19.8 Å². The van der Waals surface area contributed by atoms with Gasteiger partial charge < -0.3 is 18.8 Å². The third-order valence-corrected chi connectivity index (χ3v) is 6.84. The monoisotopic (exact) mass is 489 g/mol. The van der Waals surface area contributed by atoms with Crippen molar-refractivity contribution in [3.8, 4) is 16.9 Å². The Morgan fingerprint density at radius 3 is 2.47 bits per heavy atom. The summed E-state index contributed by atoms with van der Waals surface area (Å²) in [5.41, 5.74) is 6.98. The summed E-state index contributed by atoms with van der Waals surface area (Å²) in [7, 11) is 0. The fraction of sp³-hybridized carbons (Fsp3) is 0.400. The zero-order valence-corrected chi connectivity index (χ0v) is 21.8. The zero-order valence-electron chi connectivity index (χ0n) is 21.8. The molecule has 0 saturated carbocycles.